The van der Waals surface area contributed by atoms with Crippen LogP contribution in [0.1, 0.15) is 22.3 Å². The Kier molecular flexibility index (Phi) is 7.67. The largest absolute Gasteiger partial charge is 0.493 e. The van der Waals surface area contributed by atoms with Gasteiger partial charge in [-0.05, 0) is 55.3 Å². The molecule has 1 N–H and O–H groups in total. The molecule has 0 aliphatic rings. The van der Waals surface area contributed by atoms with Crippen molar-refractivity contribution < 1.29 is 13.9 Å². The fourth-order valence-electron chi connectivity index (χ4n) is 3.00. The highest BCUT2D eigenvalue weighted by molar-refractivity contribution is 9.10. The number of hydrogen-bond donors (Lipinski definition) is 1. The number of halogens is 2. The zero-order valence-electron chi connectivity index (χ0n) is 16.7. The minimum atomic E-state index is -0.211. The molecule has 0 saturated carbocycles. The average molecular weight is 458 g/mol. The summed E-state index contributed by atoms with van der Waals surface area (Å²) in [4.78, 5) is 0. The molecule has 0 unspecified atom stereocenters. The van der Waals surface area contributed by atoms with E-state index in [-0.39, 0.29) is 5.82 Å². The monoisotopic (exact) mass is 457 g/mol. The third-order valence-electron chi connectivity index (χ3n) is 4.70. The first-order valence-electron chi connectivity index (χ1n) is 9.55. The van der Waals surface area contributed by atoms with Gasteiger partial charge in [0, 0.05) is 16.6 Å². The number of nitrogens with one attached hydrogen (secondary N) is 1. The van der Waals surface area contributed by atoms with Crippen molar-refractivity contribution in [3.05, 3.63) is 93.2 Å². The minimum absolute atomic E-state index is 0.211. The lowest BCUT2D eigenvalue weighted by Gasteiger charge is -2.17. The number of rotatable bonds is 9. The molecular formula is C24H25BrFNO2. The van der Waals surface area contributed by atoms with Crippen LogP contribution in [-0.2, 0) is 19.6 Å². The van der Waals surface area contributed by atoms with Crippen molar-refractivity contribution in [3.63, 3.8) is 0 Å². The summed E-state index contributed by atoms with van der Waals surface area (Å²) in [6.07, 6.45) is 0.821. The molecule has 3 aromatic carbocycles. The minimum Gasteiger partial charge on any atom is -0.493 e. The van der Waals surface area contributed by atoms with E-state index >= 15 is 0 Å². The third-order valence-corrected chi connectivity index (χ3v) is 5.44. The van der Waals surface area contributed by atoms with Gasteiger partial charge in [0.05, 0.1) is 7.11 Å². The van der Waals surface area contributed by atoms with Gasteiger partial charge >= 0.3 is 0 Å². The molecule has 29 heavy (non-hydrogen) atoms. The van der Waals surface area contributed by atoms with Crippen LogP contribution in [0.4, 0.5) is 4.39 Å². The molecule has 5 heteroatoms. The highest BCUT2D eigenvalue weighted by atomic mass is 79.9. The van der Waals surface area contributed by atoms with E-state index in [2.05, 4.69) is 52.4 Å². The summed E-state index contributed by atoms with van der Waals surface area (Å²) in [5.74, 6) is 1.23. The van der Waals surface area contributed by atoms with Crippen LogP contribution in [0.3, 0.4) is 0 Å². The lowest BCUT2D eigenvalue weighted by molar-refractivity contribution is 0.280. The number of methoxy groups -OCH3 is 1. The maximum absolute atomic E-state index is 13.0. The molecule has 3 nitrogen and oxygen atoms in total. The summed E-state index contributed by atoms with van der Waals surface area (Å²) in [7, 11) is 1.65. The van der Waals surface area contributed by atoms with Crippen LogP contribution in [0.2, 0.25) is 0 Å². The first-order valence-corrected chi connectivity index (χ1v) is 10.3. The second-order valence-corrected chi connectivity index (χ2v) is 7.74. The standard InChI is InChI=1S/C24H25BrFNO2/c1-17-3-5-19(6-4-17)16-29-24-21(22(25)11-12-23(24)28-2)15-27-14-13-18-7-9-20(26)10-8-18/h3-12,27H,13-16H2,1-2H3. The quantitative estimate of drug-likeness (QED) is 0.410. The molecule has 3 aromatic rings. The normalized spacial score (nSPS) is 10.8. The van der Waals surface area contributed by atoms with Crippen molar-refractivity contribution in [2.75, 3.05) is 13.7 Å². The van der Waals surface area contributed by atoms with Gasteiger partial charge in [0.2, 0.25) is 0 Å². The molecular weight excluding hydrogens is 433 g/mol. The van der Waals surface area contributed by atoms with E-state index in [1.807, 2.05) is 24.3 Å². The zero-order chi connectivity index (χ0) is 20.6. The highest BCUT2D eigenvalue weighted by Gasteiger charge is 2.14. The summed E-state index contributed by atoms with van der Waals surface area (Å²) in [6.45, 7) is 3.93. The Hall–Kier alpha value is -2.37. The van der Waals surface area contributed by atoms with E-state index in [9.17, 15) is 4.39 Å². The summed E-state index contributed by atoms with van der Waals surface area (Å²) in [6, 6.07) is 18.8. The number of benzene rings is 3. The van der Waals surface area contributed by atoms with Crippen LogP contribution in [0, 0.1) is 12.7 Å². The van der Waals surface area contributed by atoms with Crippen LogP contribution in [0.5, 0.6) is 11.5 Å². The second kappa shape index (κ2) is 10.4. The predicted molar refractivity (Wildman–Crippen MR) is 118 cm³/mol. The van der Waals surface area contributed by atoms with Gasteiger partial charge in [0.1, 0.15) is 12.4 Å². The molecule has 0 spiro atoms. The van der Waals surface area contributed by atoms with Crippen molar-refractivity contribution in [2.45, 2.75) is 26.5 Å². The van der Waals surface area contributed by atoms with Gasteiger partial charge in [0.25, 0.3) is 0 Å². The maximum atomic E-state index is 13.0. The van der Waals surface area contributed by atoms with Gasteiger partial charge in [-0.25, -0.2) is 4.39 Å². The van der Waals surface area contributed by atoms with Crippen molar-refractivity contribution in [3.8, 4) is 11.5 Å². The number of ether oxygens (including phenoxy) is 2. The van der Waals surface area contributed by atoms with Crippen LogP contribution < -0.4 is 14.8 Å². The zero-order valence-corrected chi connectivity index (χ0v) is 18.3. The Labute approximate surface area is 180 Å². The summed E-state index contributed by atoms with van der Waals surface area (Å²) >= 11 is 3.63. The van der Waals surface area contributed by atoms with Crippen molar-refractivity contribution in [1.82, 2.24) is 5.32 Å². The molecule has 3 rings (SSSR count). The van der Waals surface area contributed by atoms with Gasteiger partial charge in [-0.2, -0.15) is 0 Å². The molecule has 0 aliphatic heterocycles. The highest BCUT2D eigenvalue weighted by Crippen LogP contribution is 2.36. The van der Waals surface area contributed by atoms with Crippen LogP contribution in [0.25, 0.3) is 0 Å². The first kappa shape index (κ1) is 21.3. The summed E-state index contributed by atoms with van der Waals surface area (Å²) in [5.41, 5.74) is 4.43. The summed E-state index contributed by atoms with van der Waals surface area (Å²) < 4.78 is 25.7. The van der Waals surface area contributed by atoms with Gasteiger partial charge in [0.15, 0.2) is 11.5 Å². The first-order chi connectivity index (χ1) is 14.1. The number of aryl methyl sites for hydroxylation is 1. The van der Waals surface area contributed by atoms with Crippen molar-refractivity contribution in [2.24, 2.45) is 0 Å². The smallest absolute Gasteiger partial charge is 0.167 e. The fourth-order valence-corrected chi connectivity index (χ4v) is 3.46. The lowest BCUT2D eigenvalue weighted by Crippen LogP contribution is -2.18. The third kappa shape index (κ3) is 6.05. The van der Waals surface area contributed by atoms with Gasteiger partial charge in [-0.15, -0.1) is 0 Å². The SMILES string of the molecule is COc1ccc(Br)c(CNCCc2ccc(F)cc2)c1OCc1ccc(C)cc1. The molecule has 0 heterocycles. The van der Waals surface area contributed by atoms with Crippen LogP contribution >= 0.6 is 15.9 Å². The van der Waals surface area contributed by atoms with E-state index in [4.69, 9.17) is 9.47 Å². The van der Waals surface area contributed by atoms with Crippen molar-refractivity contribution >= 4 is 15.9 Å². The predicted octanol–water partition coefficient (Wildman–Crippen LogP) is 5.82. The maximum Gasteiger partial charge on any atom is 0.167 e. The lowest BCUT2D eigenvalue weighted by atomic mass is 10.1. The number of hydrogen-bond acceptors (Lipinski definition) is 3. The Morgan fingerprint density at radius 2 is 1.62 bits per heavy atom. The van der Waals surface area contributed by atoms with Gasteiger partial charge < -0.3 is 14.8 Å². The van der Waals surface area contributed by atoms with Crippen molar-refractivity contribution in [1.29, 1.82) is 0 Å². The molecule has 152 valence electrons. The Balaban J connectivity index is 1.66. The van der Waals surface area contributed by atoms with E-state index in [0.29, 0.717) is 18.9 Å². The Morgan fingerprint density at radius 1 is 0.931 bits per heavy atom. The molecule has 0 bridgehead atoms. The van der Waals surface area contributed by atoms with Crippen LogP contribution in [0.15, 0.2) is 65.1 Å². The molecule has 0 amide bonds. The Bertz CT molecular complexity index is 927. The summed E-state index contributed by atoms with van der Waals surface area (Å²) in [5, 5.41) is 3.44. The van der Waals surface area contributed by atoms with E-state index in [0.717, 1.165) is 39.9 Å². The molecule has 0 atom stereocenters. The van der Waals surface area contributed by atoms with E-state index in [1.165, 1.54) is 17.7 Å². The molecule has 0 radical (unpaired) electrons. The van der Waals surface area contributed by atoms with E-state index < -0.39 is 0 Å². The van der Waals surface area contributed by atoms with Crippen LogP contribution in [-0.4, -0.2) is 13.7 Å². The van der Waals surface area contributed by atoms with Gasteiger partial charge in [-0.1, -0.05) is 57.9 Å². The Morgan fingerprint density at radius 3 is 2.31 bits per heavy atom. The van der Waals surface area contributed by atoms with Gasteiger partial charge in [-0.3, -0.25) is 0 Å². The molecule has 0 aromatic heterocycles. The van der Waals surface area contributed by atoms with E-state index in [1.54, 1.807) is 7.11 Å². The molecule has 0 saturated heterocycles. The molecule has 0 fully saturated rings. The fraction of sp³-hybridized carbons (Fsp3) is 0.250. The second-order valence-electron chi connectivity index (χ2n) is 6.88. The topological polar surface area (TPSA) is 30.5 Å². The average Bonchev–Trinajstić information content (AvgIpc) is 2.73. The molecule has 0 aliphatic carbocycles.